The normalized spacial score (nSPS) is 10.8. The fraction of sp³-hybridized carbons (Fsp3) is 0.308. The summed E-state index contributed by atoms with van der Waals surface area (Å²) in [5.41, 5.74) is 2.85. The second-order valence-corrected chi connectivity index (χ2v) is 8.02. The van der Waals surface area contributed by atoms with Crippen molar-refractivity contribution in [3.05, 3.63) is 95.4 Å². The van der Waals surface area contributed by atoms with Gasteiger partial charge in [-0.2, -0.15) is 0 Å². The molecule has 0 saturated heterocycles. The van der Waals surface area contributed by atoms with Crippen LogP contribution in [0, 0.1) is 6.92 Å². The van der Waals surface area contributed by atoms with Gasteiger partial charge in [0, 0.05) is 18.2 Å². The lowest BCUT2D eigenvalue weighted by molar-refractivity contribution is -0.133. The van der Waals surface area contributed by atoms with E-state index >= 15 is 0 Å². The van der Waals surface area contributed by atoms with Gasteiger partial charge < -0.3 is 14.2 Å². The number of hydrogen-bond acceptors (Lipinski definition) is 3. The van der Waals surface area contributed by atoms with Gasteiger partial charge in [0.15, 0.2) is 0 Å². The number of furan rings is 1. The summed E-state index contributed by atoms with van der Waals surface area (Å²) in [6.45, 7) is 6.80. The van der Waals surface area contributed by atoms with Gasteiger partial charge in [0.05, 0.1) is 12.8 Å². The molecule has 162 valence electrons. The van der Waals surface area contributed by atoms with E-state index in [-0.39, 0.29) is 24.4 Å². The third kappa shape index (κ3) is 6.32. The van der Waals surface area contributed by atoms with Gasteiger partial charge in [-0.05, 0) is 57.0 Å². The Balaban J connectivity index is 1.74. The second kappa shape index (κ2) is 10.6. The van der Waals surface area contributed by atoms with Crippen molar-refractivity contribution in [3.8, 4) is 0 Å². The molecule has 1 heterocycles. The van der Waals surface area contributed by atoms with Crippen molar-refractivity contribution >= 4 is 11.8 Å². The highest BCUT2D eigenvalue weighted by molar-refractivity contribution is 5.96. The van der Waals surface area contributed by atoms with Crippen LogP contribution in [0.15, 0.2) is 77.4 Å². The molecule has 0 atom stereocenters. The van der Waals surface area contributed by atoms with Gasteiger partial charge in [-0.25, -0.2) is 0 Å². The van der Waals surface area contributed by atoms with Crippen molar-refractivity contribution in [2.24, 2.45) is 0 Å². The number of carbonyl (C=O) groups is 2. The van der Waals surface area contributed by atoms with Crippen LogP contribution in [0.25, 0.3) is 0 Å². The first-order valence-electron chi connectivity index (χ1n) is 10.7. The Labute approximate surface area is 184 Å². The van der Waals surface area contributed by atoms with E-state index in [1.807, 2.05) is 75.4 Å². The molecule has 31 heavy (non-hydrogen) atoms. The molecule has 0 saturated carbocycles. The van der Waals surface area contributed by atoms with E-state index in [9.17, 15) is 9.59 Å². The number of amides is 2. The number of benzene rings is 2. The van der Waals surface area contributed by atoms with Crippen molar-refractivity contribution in [1.29, 1.82) is 0 Å². The van der Waals surface area contributed by atoms with Crippen LogP contribution >= 0.6 is 0 Å². The molecule has 0 spiro atoms. The number of carbonyl (C=O) groups excluding carboxylic acids is 2. The lowest BCUT2D eigenvalue weighted by atomic mass is 10.1. The topological polar surface area (TPSA) is 53.8 Å². The lowest BCUT2D eigenvalue weighted by Gasteiger charge is -2.30. The Morgan fingerprint density at radius 1 is 0.935 bits per heavy atom. The minimum absolute atomic E-state index is 0.0277. The average molecular weight is 419 g/mol. The van der Waals surface area contributed by atoms with Crippen LogP contribution in [-0.4, -0.2) is 40.7 Å². The highest BCUT2D eigenvalue weighted by Crippen LogP contribution is 2.13. The van der Waals surface area contributed by atoms with Gasteiger partial charge in [0.2, 0.25) is 5.91 Å². The quantitative estimate of drug-likeness (QED) is 0.506. The van der Waals surface area contributed by atoms with E-state index in [0.717, 1.165) is 23.3 Å². The molecule has 0 fully saturated rings. The maximum atomic E-state index is 13.3. The molecular weight excluding hydrogens is 388 g/mol. The van der Waals surface area contributed by atoms with Crippen LogP contribution < -0.4 is 0 Å². The first kappa shape index (κ1) is 22.3. The van der Waals surface area contributed by atoms with E-state index in [1.54, 1.807) is 16.1 Å². The monoisotopic (exact) mass is 418 g/mol. The Hall–Kier alpha value is -3.34. The van der Waals surface area contributed by atoms with Crippen LogP contribution in [0.1, 0.15) is 41.1 Å². The summed E-state index contributed by atoms with van der Waals surface area (Å²) in [4.78, 5) is 29.8. The summed E-state index contributed by atoms with van der Waals surface area (Å²) in [6, 6.07) is 21.1. The van der Waals surface area contributed by atoms with Gasteiger partial charge in [-0.1, -0.05) is 48.0 Å². The molecule has 0 aliphatic carbocycles. The Bertz CT molecular complexity index is 964. The van der Waals surface area contributed by atoms with Crippen molar-refractivity contribution in [2.75, 3.05) is 13.1 Å². The maximum absolute atomic E-state index is 13.3. The molecule has 0 N–H and O–H groups in total. The van der Waals surface area contributed by atoms with E-state index in [2.05, 4.69) is 12.1 Å². The van der Waals surface area contributed by atoms with Crippen molar-refractivity contribution in [3.63, 3.8) is 0 Å². The zero-order valence-electron chi connectivity index (χ0n) is 18.5. The lowest BCUT2D eigenvalue weighted by Crippen LogP contribution is -2.46. The predicted octanol–water partition coefficient (Wildman–Crippen LogP) is 4.71. The van der Waals surface area contributed by atoms with E-state index < -0.39 is 0 Å². The minimum Gasteiger partial charge on any atom is -0.467 e. The van der Waals surface area contributed by atoms with E-state index in [1.165, 1.54) is 0 Å². The highest BCUT2D eigenvalue weighted by atomic mass is 16.3. The number of hydrogen-bond donors (Lipinski definition) is 0. The molecular formula is C26H30N2O3. The maximum Gasteiger partial charge on any atom is 0.254 e. The van der Waals surface area contributed by atoms with Crippen LogP contribution in [0.5, 0.6) is 0 Å². The average Bonchev–Trinajstić information content (AvgIpc) is 3.28. The number of aryl methyl sites for hydroxylation is 1. The fourth-order valence-corrected chi connectivity index (χ4v) is 3.39. The second-order valence-electron chi connectivity index (χ2n) is 8.02. The molecule has 0 aliphatic rings. The smallest absolute Gasteiger partial charge is 0.254 e. The Morgan fingerprint density at radius 2 is 1.65 bits per heavy atom. The summed E-state index contributed by atoms with van der Waals surface area (Å²) in [5, 5.41) is 0. The van der Waals surface area contributed by atoms with Crippen LogP contribution in [0.3, 0.4) is 0 Å². The third-order valence-electron chi connectivity index (χ3n) is 5.28. The van der Waals surface area contributed by atoms with Gasteiger partial charge in [-0.15, -0.1) is 0 Å². The molecule has 0 radical (unpaired) electrons. The van der Waals surface area contributed by atoms with Gasteiger partial charge in [0.1, 0.15) is 12.3 Å². The number of rotatable bonds is 9. The molecule has 3 aromatic rings. The molecule has 5 heteroatoms. The SMILES string of the molecule is Cc1ccc(C(=O)N(CC(=O)N(CCc2ccccc2)Cc2ccco2)C(C)C)cc1. The van der Waals surface area contributed by atoms with Gasteiger partial charge in [0.25, 0.3) is 5.91 Å². The zero-order chi connectivity index (χ0) is 22.2. The van der Waals surface area contributed by atoms with Gasteiger partial charge >= 0.3 is 0 Å². The molecule has 0 bridgehead atoms. The van der Waals surface area contributed by atoms with Crippen LogP contribution in [0.2, 0.25) is 0 Å². The summed E-state index contributed by atoms with van der Waals surface area (Å²) in [5.74, 6) is 0.494. The summed E-state index contributed by atoms with van der Waals surface area (Å²) < 4.78 is 5.47. The van der Waals surface area contributed by atoms with Crippen molar-refractivity contribution in [2.45, 2.75) is 39.8 Å². The molecule has 2 aromatic carbocycles. The molecule has 2 amide bonds. The standard InChI is InChI=1S/C26H30N2O3/c1-20(2)28(26(30)23-13-11-21(3)12-14-23)19-25(29)27(18-24-10-7-17-31-24)16-15-22-8-5-4-6-9-22/h4-14,17,20H,15-16,18-19H2,1-3H3. The van der Waals surface area contributed by atoms with Crippen molar-refractivity contribution < 1.29 is 14.0 Å². The Kier molecular flexibility index (Phi) is 7.65. The summed E-state index contributed by atoms with van der Waals surface area (Å²) in [6.07, 6.45) is 2.34. The molecule has 1 aromatic heterocycles. The molecule has 0 aliphatic heterocycles. The minimum atomic E-state index is -0.135. The zero-order valence-corrected chi connectivity index (χ0v) is 18.5. The van der Waals surface area contributed by atoms with E-state index in [0.29, 0.717) is 18.7 Å². The Morgan fingerprint density at radius 3 is 2.26 bits per heavy atom. The number of nitrogens with zero attached hydrogens (tertiary/aromatic N) is 2. The van der Waals surface area contributed by atoms with Crippen molar-refractivity contribution in [1.82, 2.24) is 9.80 Å². The van der Waals surface area contributed by atoms with Crippen LogP contribution in [-0.2, 0) is 17.8 Å². The summed E-state index contributed by atoms with van der Waals surface area (Å²) >= 11 is 0. The van der Waals surface area contributed by atoms with Crippen LogP contribution in [0.4, 0.5) is 0 Å². The summed E-state index contributed by atoms with van der Waals surface area (Å²) in [7, 11) is 0. The largest absolute Gasteiger partial charge is 0.467 e. The first-order valence-corrected chi connectivity index (χ1v) is 10.7. The highest BCUT2D eigenvalue weighted by Gasteiger charge is 2.25. The molecule has 5 nitrogen and oxygen atoms in total. The van der Waals surface area contributed by atoms with E-state index in [4.69, 9.17) is 4.42 Å². The third-order valence-corrected chi connectivity index (χ3v) is 5.28. The molecule has 0 unspecified atom stereocenters. The molecule has 3 rings (SSSR count). The first-order chi connectivity index (χ1) is 14.9. The van der Waals surface area contributed by atoms with Gasteiger partial charge in [-0.3, -0.25) is 9.59 Å². The predicted molar refractivity (Wildman–Crippen MR) is 122 cm³/mol. The fourth-order valence-electron chi connectivity index (χ4n) is 3.39.